The van der Waals surface area contributed by atoms with Crippen molar-refractivity contribution in [2.24, 2.45) is 0 Å². The van der Waals surface area contributed by atoms with Gasteiger partial charge in [0.25, 0.3) is 5.91 Å². The number of halogens is 4. The van der Waals surface area contributed by atoms with E-state index in [1.807, 2.05) is 0 Å². The lowest BCUT2D eigenvalue weighted by Gasteiger charge is -2.17. The number of ether oxygens (including phenoxy) is 3. The van der Waals surface area contributed by atoms with Gasteiger partial charge in [-0.15, -0.1) is 0 Å². The van der Waals surface area contributed by atoms with E-state index in [2.05, 4.69) is 10.1 Å². The molecule has 0 aromatic heterocycles. The minimum absolute atomic E-state index is 0.0856. The lowest BCUT2D eigenvalue weighted by molar-refractivity contribution is -0.123. The molecule has 0 spiro atoms. The van der Waals surface area contributed by atoms with Gasteiger partial charge in [0.05, 0.1) is 22.8 Å². The fraction of sp³-hybridized carbons (Fsp3) is 0.222. The molecule has 0 saturated carbocycles. The Hall–Kier alpha value is -2.58. The van der Waals surface area contributed by atoms with Crippen molar-refractivity contribution in [1.29, 1.82) is 0 Å². The van der Waals surface area contributed by atoms with Gasteiger partial charge in [0.15, 0.2) is 17.6 Å². The number of carbonyl (C=O) groups excluding carboxylic acids is 2. The number of amides is 1. The normalized spacial score (nSPS) is 11.7. The molecule has 1 N–H and O–H groups in total. The Kier molecular flexibility index (Phi) is 7.42. The summed E-state index contributed by atoms with van der Waals surface area (Å²) in [6.07, 6.45) is -1.27. The number of para-hydroxylation sites is 1. The van der Waals surface area contributed by atoms with Crippen LogP contribution in [0.4, 0.5) is 14.5 Å². The molecular formula is C18H15Cl2F2NO5. The third-order valence-corrected chi connectivity index (χ3v) is 4.31. The van der Waals surface area contributed by atoms with Crippen LogP contribution in [0.25, 0.3) is 0 Å². The van der Waals surface area contributed by atoms with Gasteiger partial charge in [-0.2, -0.15) is 8.78 Å². The van der Waals surface area contributed by atoms with Gasteiger partial charge in [-0.3, -0.25) is 4.79 Å². The summed E-state index contributed by atoms with van der Waals surface area (Å²) in [5.74, 6) is -2.32. The Morgan fingerprint density at radius 2 is 1.79 bits per heavy atom. The first-order valence-electron chi connectivity index (χ1n) is 7.82. The summed E-state index contributed by atoms with van der Waals surface area (Å²) in [7, 11) is 1.23. The summed E-state index contributed by atoms with van der Waals surface area (Å²) in [5.41, 5.74) is -0.0924. The number of hydrogen-bond acceptors (Lipinski definition) is 5. The fourth-order valence-corrected chi connectivity index (χ4v) is 2.51. The fourth-order valence-electron chi connectivity index (χ4n) is 2.16. The van der Waals surface area contributed by atoms with Crippen LogP contribution in [0.15, 0.2) is 36.4 Å². The predicted octanol–water partition coefficient (Wildman–Crippen LogP) is 4.79. The number of alkyl halides is 2. The van der Waals surface area contributed by atoms with Crippen LogP contribution in [0.5, 0.6) is 11.5 Å². The molecule has 150 valence electrons. The van der Waals surface area contributed by atoms with Crippen LogP contribution in [0.1, 0.15) is 17.3 Å². The first-order chi connectivity index (χ1) is 13.2. The third-order valence-electron chi connectivity index (χ3n) is 3.49. The Morgan fingerprint density at radius 1 is 1.11 bits per heavy atom. The lowest BCUT2D eigenvalue weighted by atomic mass is 10.2. The van der Waals surface area contributed by atoms with E-state index in [0.717, 1.165) is 0 Å². The maximum Gasteiger partial charge on any atom is 0.387 e. The van der Waals surface area contributed by atoms with Crippen molar-refractivity contribution in [1.82, 2.24) is 0 Å². The van der Waals surface area contributed by atoms with E-state index in [9.17, 15) is 18.4 Å². The summed E-state index contributed by atoms with van der Waals surface area (Å²) in [6.45, 7) is -1.88. The summed E-state index contributed by atoms with van der Waals surface area (Å²) < 4.78 is 39.7. The molecule has 0 saturated heterocycles. The lowest BCUT2D eigenvalue weighted by Crippen LogP contribution is -2.30. The smallest absolute Gasteiger partial charge is 0.387 e. The number of benzene rings is 2. The molecule has 0 fully saturated rings. The molecule has 2 aromatic carbocycles. The maximum atomic E-state index is 12.7. The Bertz CT molecular complexity index is 879. The monoisotopic (exact) mass is 433 g/mol. The van der Waals surface area contributed by atoms with Crippen LogP contribution in [0, 0.1) is 0 Å². The van der Waals surface area contributed by atoms with Crippen molar-refractivity contribution in [2.45, 2.75) is 19.6 Å². The zero-order chi connectivity index (χ0) is 20.8. The summed E-state index contributed by atoms with van der Waals surface area (Å²) in [6, 6.07) is 8.56. The van der Waals surface area contributed by atoms with E-state index in [4.69, 9.17) is 32.7 Å². The molecule has 28 heavy (non-hydrogen) atoms. The van der Waals surface area contributed by atoms with Gasteiger partial charge >= 0.3 is 12.6 Å². The summed E-state index contributed by atoms with van der Waals surface area (Å²) in [4.78, 5) is 24.6. The highest BCUT2D eigenvalue weighted by molar-refractivity contribution is 6.44. The first-order valence-corrected chi connectivity index (χ1v) is 8.57. The summed E-state index contributed by atoms with van der Waals surface area (Å²) >= 11 is 11.9. The average Bonchev–Trinajstić information content (AvgIpc) is 2.64. The minimum Gasteiger partial charge on any atom is -0.493 e. The van der Waals surface area contributed by atoms with Crippen molar-refractivity contribution in [3.63, 3.8) is 0 Å². The number of methoxy groups -OCH3 is 1. The molecular weight excluding hydrogens is 419 g/mol. The van der Waals surface area contributed by atoms with Gasteiger partial charge < -0.3 is 19.5 Å². The number of anilines is 1. The van der Waals surface area contributed by atoms with Gasteiger partial charge in [-0.25, -0.2) is 4.79 Å². The SMILES string of the molecule is COc1cccc(C(=O)OC(C)C(=O)Nc2cccc(Cl)c2Cl)c1OC(F)F. The standard InChI is InChI=1S/C18H15Cl2F2NO5/c1-9(16(24)23-12-7-4-6-11(19)14(12)20)27-17(25)10-5-3-8-13(26-2)15(10)28-18(21)22/h3-9,18H,1-2H3,(H,23,24). The highest BCUT2D eigenvalue weighted by Gasteiger charge is 2.25. The number of hydrogen-bond donors (Lipinski definition) is 1. The molecule has 1 atom stereocenters. The first kappa shape index (κ1) is 21.7. The molecule has 1 amide bonds. The van der Waals surface area contributed by atoms with Crippen LogP contribution in [0.3, 0.4) is 0 Å². The van der Waals surface area contributed by atoms with Crippen molar-refractivity contribution in [3.05, 3.63) is 52.0 Å². The largest absolute Gasteiger partial charge is 0.493 e. The van der Waals surface area contributed by atoms with Gasteiger partial charge in [0.2, 0.25) is 0 Å². The van der Waals surface area contributed by atoms with Gasteiger partial charge in [-0.1, -0.05) is 35.3 Å². The van der Waals surface area contributed by atoms with Crippen LogP contribution in [-0.2, 0) is 9.53 Å². The highest BCUT2D eigenvalue weighted by atomic mass is 35.5. The topological polar surface area (TPSA) is 73.9 Å². The molecule has 10 heteroatoms. The average molecular weight is 434 g/mol. The van der Waals surface area contributed by atoms with Crippen LogP contribution in [-0.4, -0.2) is 31.7 Å². The molecule has 0 aliphatic carbocycles. The number of rotatable bonds is 7. The zero-order valence-electron chi connectivity index (χ0n) is 14.7. The van der Waals surface area contributed by atoms with E-state index in [-0.39, 0.29) is 27.0 Å². The van der Waals surface area contributed by atoms with E-state index < -0.39 is 30.3 Å². The van der Waals surface area contributed by atoms with Crippen LogP contribution < -0.4 is 14.8 Å². The maximum absolute atomic E-state index is 12.7. The van der Waals surface area contributed by atoms with Gasteiger partial charge in [0.1, 0.15) is 5.56 Å². The molecule has 0 aliphatic rings. The zero-order valence-corrected chi connectivity index (χ0v) is 16.2. The molecule has 0 bridgehead atoms. The van der Waals surface area contributed by atoms with Gasteiger partial charge in [0, 0.05) is 0 Å². The predicted molar refractivity (Wildman–Crippen MR) is 99.6 cm³/mol. The Balaban J connectivity index is 2.15. The molecule has 0 radical (unpaired) electrons. The van der Waals surface area contributed by atoms with Crippen molar-refractivity contribution in [2.75, 3.05) is 12.4 Å². The number of nitrogens with one attached hydrogen (secondary N) is 1. The molecule has 6 nitrogen and oxygen atoms in total. The summed E-state index contributed by atoms with van der Waals surface area (Å²) in [5, 5.41) is 2.82. The van der Waals surface area contributed by atoms with E-state index in [0.29, 0.717) is 0 Å². The molecule has 0 heterocycles. The molecule has 2 rings (SSSR count). The van der Waals surface area contributed by atoms with E-state index in [1.165, 1.54) is 44.4 Å². The number of esters is 1. The van der Waals surface area contributed by atoms with E-state index in [1.54, 1.807) is 6.07 Å². The number of carbonyl (C=O) groups is 2. The van der Waals surface area contributed by atoms with E-state index >= 15 is 0 Å². The Morgan fingerprint density at radius 3 is 2.43 bits per heavy atom. The highest BCUT2D eigenvalue weighted by Crippen LogP contribution is 2.33. The second-order valence-electron chi connectivity index (χ2n) is 5.35. The van der Waals surface area contributed by atoms with Crippen LogP contribution in [0.2, 0.25) is 10.0 Å². The quantitative estimate of drug-likeness (QED) is 0.635. The van der Waals surface area contributed by atoms with Crippen molar-refractivity contribution in [3.8, 4) is 11.5 Å². The second kappa shape index (κ2) is 9.57. The molecule has 2 aromatic rings. The third kappa shape index (κ3) is 5.24. The Labute approximate surface area is 169 Å². The van der Waals surface area contributed by atoms with Crippen LogP contribution >= 0.6 is 23.2 Å². The van der Waals surface area contributed by atoms with Gasteiger partial charge in [-0.05, 0) is 31.2 Å². The molecule has 1 unspecified atom stereocenters. The second-order valence-corrected chi connectivity index (χ2v) is 6.14. The molecule has 0 aliphatic heterocycles. The minimum atomic E-state index is -3.19. The van der Waals surface area contributed by atoms with Crippen molar-refractivity contribution < 1.29 is 32.6 Å². The van der Waals surface area contributed by atoms with Crippen molar-refractivity contribution >= 4 is 40.8 Å².